The van der Waals surface area contributed by atoms with Gasteiger partial charge in [0, 0.05) is 63.4 Å². The maximum absolute atomic E-state index is 13.2. The summed E-state index contributed by atoms with van der Waals surface area (Å²) in [5.74, 6) is 1.11. The maximum atomic E-state index is 13.2. The van der Waals surface area contributed by atoms with Crippen molar-refractivity contribution < 1.29 is 9.53 Å². The molecule has 0 radical (unpaired) electrons. The smallest absolute Gasteiger partial charge is 0.224 e. The lowest BCUT2D eigenvalue weighted by molar-refractivity contribution is -0.132. The van der Waals surface area contributed by atoms with Crippen molar-refractivity contribution in [3.8, 4) is 0 Å². The highest BCUT2D eigenvalue weighted by atomic mass is 16.5. The number of carbonyl (C=O) groups is 1. The van der Waals surface area contributed by atoms with Gasteiger partial charge >= 0.3 is 0 Å². The molecule has 1 saturated heterocycles. The Labute approximate surface area is 190 Å². The Morgan fingerprint density at radius 1 is 1.16 bits per heavy atom. The maximum Gasteiger partial charge on any atom is 0.224 e. The van der Waals surface area contributed by atoms with Crippen LogP contribution in [0.1, 0.15) is 36.1 Å². The van der Waals surface area contributed by atoms with Gasteiger partial charge in [-0.25, -0.2) is 4.98 Å². The summed E-state index contributed by atoms with van der Waals surface area (Å²) in [6.07, 6.45) is 4.69. The third kappa shape index (κ3) is 5.27. The summed E-state index contributed by atoms with van der Waals surface area (Å²) >= 11 is 0. The first kappa shape index (κ1) is 22.3. The van der Waals surface area contributed by atoms with Crippen LogP contribution in [0.25, 0.3) is 10.9 Å². The number of nitrogens with zero attached hydrogens (tertiary/aromatic N) is 5. The van der Waals surface area contributed by atoms with E-state index in [4.69, 9.17) is 9.72 Å². The molecule has 7 heteroatoms. The molecular weight excluding hydrogens is 402 g/mol. The normalized spacial score (nSPS) is 13.8. The summed E-state index contributed by atoms with van der Waals surface area (Å²) in [6, 6.07) is 10.5. The Morgan fingerprint density at radius 2 is 1.97 bits per heavy atom. The highest BCUT2D eigenvalue weighted by Gasteiger charge is 2.22. The summed E-state index contributed by atoms with van der Waals surface area (Å²) in [5.41, 5.74) is 4.27. The van der Waals surface area contributed by atoms with E-state index in [9.17, 15) is 4.79 Å². The standard InChI is InChI=1S/C25H33N5O2/c1-19-6-7-23-21(16-19)17-22(25(26-23)28-10-4-5-11-28)18-29(14-15-32-3)24(31)9-13-30-12-8-20(2)27-30/h6-8,12,16-17H,4-5,9-11,13-15,18H2,1-3H3. The predicted octanol–water partition coefficient (Wildman–Crippen LogP) is 3.71. The molecule has 2 aromatic heterocycles. The average molecular weight is 436 g/mol. The first-order valence-electron chi connectivity index (χ1n) is 11.5. The molecule has 0 atom stereocenters. The number of hydrogen-bond acceptors (Lipinski definition) is 5. The lowest BCUT2D eigenvalue weighted by Crippen LogP contribution is -2.35. The van der Waals surface area contributed by atoms with Crippen LogP contribution in [0.5, 0.6) is 0 Å². The first-order chi connectivity index (χ1) is 15.5. The average Bonchev–Trinajstić information content (AvgIpc) is 3.46. The van der Waals surface area contributed by atoms with E-state index in [-0.39, 0.29) is 5.91 Å². The third-order valence-corrected chi connectivity index (χ3v) is 6.04. The van der Waals surface area contributed by atoms with Gasteiger partial charge in [0.15, 0.2) is 0 Å². The summed E-state index contributed by atoms with van der Waals surface area (Å²) in [7, 11) is 1.67. The number of benzene rings is 1. The van der Waals surface area contributed by atoms with Crippen molar-refractivity contribution in [2.45, 2.75) is 46.2 Å². The molecule has 3 aromatic rings. The second kappa shape index (κ2) is 10.1. The number of carbonyl (C=O) groups excluding carboxylic acids is 1. The zero-order chi connectivity index (χ0) is 22.5. The van der Waals surface area contributed by atoms with Gasteiger partial charge in [-0.2, -0.15) is 5.10 Å². The molecule has 1 fully saturated rings. The fourth-order valence-corrected chi connectivity index (χ4v) is 4.30. The summed E-state index contributed by atoms with van der Waals surface area (Å²) in [5, 5.41) is 5.52. The Bertz CT molecular complexity index is 1070. The summed E-state index contributed by atoms with van der Waals surface area (Å²) in [6.45, 7) is 8.25. The van der Waals surface area contributed by atoms with Gasteiger partial charge in [-0.3, -0.25) is 9.48 Å². The highest BCUT2D eigenvalue weighted by Crippen LogP contribution is 2.28. The number of methoxy groups -OCH3 is 1. The van der Waals surface area contributed by atoms with Crippen LogP contribution >= 0.6 is 0 Å². The topological polar surface area (TPSA) is 63.5 Å². The number of pyridine rings is 1. The van der Waals surface area contributed by atoms with Gasteiger partial charge in [-0.15, -0.1) is 0 Å². The number of hydrogen-bond donors (Lipinski definition) is 0. The number of anilines is 1. The zero-order valence-electron chi connectivity index (χ0n) is 19.4. The SMILES string of the molecule is COCCN(Cc1cc2cc(C)ccc2nc1N1CCCC1)C(=O)CCn1ccc(C)n1. The van der Waals surface area contributed by atoms with Crippen LogP contribution in [0.2, 0.25) is 0 Å². The van der Waals surface area contributed by atoms with Crippen LogP contribution in [-0.2, 0) is 22.6 Å². The molecule has 0 bridgehead atoms. The van der Waals surface area contributed by atoms with Gasteiger partial charge in [0.1, 0.15) is 5.82 Å². The molecule has 1 aliphatic heterocycles. The molecule has 32 heavy (non-hydrogen) atoms. The molecule has 1 aliphatic rings. The van der Waals surface area contributed by atoms with Crippen LogP contribution in [0, 0.1) is 13.8 Å². The molecule has 170 valence electrons. The molecule has 7 nitrogen and oxygen atoms in total. The van der Waals surface area contributed by atoms with Gasteiger partial charge in [0.05, 0.1) is 17.8 Å². The van der Waals surface area contributed by atoms with Crippen LogP contribution < -0.4 is 4.90 Å². The molecule has 0 unspecified atom stereocenters. The Kier molecular flexibility index (Phi) is 7.05. The first-order valence-corrected chi connectivity index (χ1v) is 11.5. The van der Waals surface area contributed by atoms with Gasteiger partial charge in [-0.05, 0) is 51.0 Å². The summed E-state index contributed by atoms with van der Waals surface area (Å²) < 4.78 is 7.14. The number of ether oxygens (including phenoxy) is 1. The van der Waals surface area contributed by atoms with E-state index in [2.05, 4.69) is 41.2 Å². The van der Waals surface area contributed by atoms with E-state index >= 15 is 0 Å². The van der Waals surface area contributed by atoms with Crippen molar-refractivity contribution in [2.24, 2.45) is 0 Å². The minimum absolute atomic E-state index is 0.104. The minimum atomic E-state index is 0.104. The van der Waals surface area contributed by atoms with E-state index in [0.717, 1.165) is 41.1 Å². The molecule has 4 rings (SSSR count). The van der Waals surface area contributed by atoms with Crippen LogP contribution in [-0.4, -0.2) is 58.9 Å². The van der Waals surface area contributed by atoms with Crippen molar-refractivity contribution in [1.29, 1.82) is 0 Å². The largest absolute Gasteiger partial charge is 0.383 e. The van der Waals surface area contributed by atoms with Crippen LogP contribution in [0.3, 0.4) is 0 Å². The quantitative estimate of drug-likeness (QED) is 0.513. The van der Waals surface area contributed by atoms with Crippen molar-refractivity contribution in [1.82, 2.24) is 19.7 Å². The highest BCUT2D eigenvalue weighted by molar-refractivity contribution is 5.83. The predicted molar refractivity (Wildman–Crippen MR) is 127 cm³/mol. The van der Waals surface area contributed by atoms with E-state index in [1.807, 2.05) is 28.8 Å². The molecule has 0 N–H and O–H groups in total. The van der Waals surface area contributed by atoms with Crippen LogP contribution in [0.4, 0.5) is 5.82 Å². The summed E-state index contributed by atoms with van der Waals surface area (Å²) in [4.78, 5) is 22.5. The zero-order valence-corrected chi connectivity index (χ0v) is 19.4. The number of fused-ring (bicyclic) bond motifs is 1. The molecule has 3 heterocycles. The molecule has 1 aromatic carbocycles. The van der Waals surface area contributed by atoms with Gasteiger partial charge in [0.2, 0.25) is 5.91 Å². The second-order valence-electron chi connectivity index (χ2n) is 8.64. The van der Waals surface area contributed by atoms with Crippen molar-refractivity contribution in [3.05, 3.63) is 53.3 Å². The van der Waals surface area contributed by atoms with E-state index in [0.29, 0.717) is 32.7 Å². The van der Waals surface area contributed by atoms with Gasteiger partial charge < -0.3 is 14.5 Å². The number of amides is 1. The fourth-order valence-electron chi connectivity index (χ4n) is 4.30. The van der Waals surface area contributed by atoms with Gasteiger partial charge in [-0.1, -0.05) is 11.6 Å². The number of rotatable bonds is 9. The lowest BCUT2D eigenvalue weighted by Gasteiger charge is -2.27. The Balaban J connectivity index is 1.59. The molecule has 0 spiro atoms. The Hall–Kier alpha value is -2.93. The van der Waals surface area contributed by atoms with Crippen molar-refractivity contribution in [2.75, 3.05) is 38.3 Å². The number of aryl methyl sites for hydroxylation is 3. The van der Waals surface area contributed by atoms with E-state index in [1.165, 1.54) is 18.4 Å². The van der Waals surface area contributed by atoms with E-state index < -0.39 is 0 Å². The van der Waals surface area contributed by atoms with E-state index in [1.54, 1.807) is 7.11 Å². The van der Waals surface area contributed by atoms with Crippen molar-refractivity contribution in [3.63, 3.8) is 0 Å². The Morgan fingerprint density at radius 3 is 2.69 bits per heavy atom. The molecule has 0 saturated carbocycles. The molecular formula is C25H33N5O2. The van der Waals surface area contributed by atoms with Crippen LogP contribution in [0.15, 0.2) is 36.5 Å². The van der Waals surface area contributed by atoms with Crippen molar-refractivity contribution >= 4 is 22.6 Å². The molecule has 1 amide bonds. The lowest BCUT2D eigenvalue weighted by atomic mass is 10.1. The third-order valence-electron chi connectivity index (χ3n) is 6.04. The molecule has 0 aliphatic carbocycles. The number of aromatic nitrogens is 3. The second-order valence-corrected chi connectivity index (χ2v) is 8.64. The van der Waals surface area contributed by atoms with Gasteiger partial charge in [0.25, 0.3) is 0 Å². The minimum Gasteiger partial charge on any atom is -0.383 e. The fraction of sp³-hybridized carbons (Fsp3) is 0.480. The monoisotopic (exact) mass is 435 g/mol.